The van der Waals surface area contributed by atoms with Crippen LogP contribution in [0.5, 0.6) is 0 Å². The lowest BCUT2D eigenvalue weighted by molar-refractivity contribution is 0.523. The number of hydrogen-bond acceptors (Lipinski definition) is 2. The molecule has 2 rings (SSSR count). The molecule has 0 saturated carbocycles. The molecule has 0 aliphatic rings. The maximum absolute atomic E-state index is 5.47. The van der Waals surface area contributed by atoms with Crippen molar-refractivity contribution in [2.45, 2.75) is 46.1 Å². The highest BCUT2D eigenvalue weighted by molar-refractivity contribution is 5.33. The van der Waals surface area contributed by atoms with Gasteiger partial charge in [0.25, 0.3) is 0 Å². The number of hydrogen-bond donors (Lipinski definition) is 1. The first-order valence-electron chi connectivity index (χ1n) is 7.50. The minimum atomic E-state index is 0.216. The zero-order valence-corrected chi connectivity index (χ0v) is 12.9. The van der Waals surface area contributed by atoms with Crippen molar-refractivity contribution in [3.63, 3.8) is 0 Å². The van der Waals surface area contributed by atoms with Crippen molar-refractivity contribution in [1.82, 2.24) is 5.32 Å². The Labute approximate surface area is 122 Å². The monoisotopic (exact) mass is 271 g/mol. The van der Waals surface area contributed by atoms with Crippen LogP contribution >= 0.6 is 0 Å². The first-order valence-corrected chi connectivity index (χ1v) is 7.50. The van der Waals surface area contributed by atoms with Crippen LogP contribution in [-0.4, -0.2) is 6.54 Å². The van der Waals surface area contributed by atoms with Crippen LogP contribution in [0.15, 0.2) is 41.0 Å². The van der Waals surface area contributed by atoms with Crippen molar-refractivity contribution < 1.29 is 4.42 Å². The first kappa shape index (κ1) is 14.9. The molecule has 1 unspecified atom stereocenters. The van der Waals surface area contributed by atoms with Crippen LogP contribution in [0.25, 0.3) is 0 Å². The maximum atomic E-state index is 5.47. The SMILES string of the molecule is CCCNC(c1ccc(C(C)C)cc1)c1coc(C)c1. The highest BCUT2D eigenvalue weighted by Crippen LogP contribution is 2.25. The normalized spacial score (nSPS) is 12.8. The molecule has 0 radical (unpaired) electrons. The van der Waals surface area contributed by atoms with Crippen molar-refractivity contribution in [3.05, 3.63) is 59.0 Å². The molecular weight excluding hydrogens is 246 g/mol. The molecule has 0 fully saturated rings. The largest absolute Gasteiger partial charge is 0.469 e. The van der Waals surface area contributed by atoms with Gasteiger partial charge in [-0.3, -0.25) is 0 Å². The topological polar surface area (TPSA) is 25.2 Å². The van der Waals surface area contributed by atoms with Crippen LogP contribution in [0, 0.1) is 6.92 Å². The fourth-order valence-electron chi connectivity index (χ4n) is 2.41. The van der Waals surface area contributed by atoms with Gasteiger partial charge >= 0.3 is 0 Å². The van der Waals surface area contributed by atoms with Crippen LogP contribution in [0.2, 0.25) is 0 Å². The van der Waals surface area contributed by atoms with Crippen LogP contribution in [0.1, 0.15) is 61.6 Å². The van der Waals surface area contributed by atoms with Crippen molar-refractivity contribution in [2.75, 3.05) is 6.54 Å². The molecule has 1 N–H and O–H groups in total. The summed E-state index contributed by atoms with van der Waals surface area (Å²) in [5.41, 5.74) is 3.88. The highest BCUT2D eigenvalue weighted by atomic mass is 16.3. The molecule has 1 aromatic carbocycles. The van der Waals surface area contributed by atoms with Gasteiger partial charge in [-0.15, -0.1) is 0 Å². The third kappa shape index (κ3) is 3.51. The summed E-state index contributed by atoms with van der Waals surface area (Å²) in [5, 5.41) is 3.60. The van der Waals surface area contributed by atoms with Gasteiger partial charge < -0.3 is 9.73 Å². The summed E-state index contributed by atoms with van der Waals surface area (Å²) >= 11 is 0. The van der Waals surface area contributed by atoms with Crippen LogP contribution in [0.4, 0.5) is 0 Å². The Bertz CT molecular complexity index is 525. The summed E-state index contributed by atoms with van der Waals surface area (Å²) in [6.07, 6.45) is 2.98. The zero-order chi connectivity index (χ0) is 14.5. The van der Waals surface area contributed by atoms with Crippen molar-refractivity contribution in [3.8, 4) is 0 Å². The van der Waals surface area contributed by atoms with Gasteiger partial charge in [0.2, 0.25) is 0 Å². The first-order chi connectivity index (χ1) is 9.61. The Balaban J connectivity index is 2.26. The smallest absolute Gasteiger partial charge is 0.101 e. The number of nitrogens with one attached hydrogen (secondary N) is 1. The minimum absolute atomic E-state index is 0.216. The van der Waals surface area contributed by atoms with Crippen molar-refractivity contribution in [1.29, 1.82) is 0 Å². The van der Waals surface area contributed by atoms with Crippen molar-refractivity contribution >= 4 is 0 Å². The predicted molar refractivity (Wildman–Crippen MR) is 84.1 cm³/mol. The van der Waals surface area contributed by atoms with E-state index in [1.54, 1.807) is 0 Å². The summed E-state index contributed by atoms with van der Waals surface area (Å²) in [7, 11) is 0. The number of furan rings is 1. The molecule has 2 nitrogen and oxygen atoms in total. The number of aryl methyl sites for hydroxylation is 1. The van der Waals surface area contributed by atoms with E-state index in [1.807, 2.05) is 13.2 Å². The Morgan fingerprint density at radius 1 is 1.05 bits per heavy atom. The van der Waals surface area contributed by atoms with E-state index >= 15 is 0 Å². The highest BCUT2D eigenvalue weighted by Gasteiger charge is 2.15. The number of benzene rings is 1. The summed E-state index contributed by atoms with van der Waals surface area (Å²) in [6.45, 7) is 9.62. The van der Waals surface area contributed by atoms with E-state index in [2.05, 4.69) is 56.4 Å². The van der Waals surface area contributed by atoms with Gasteiger partial charge in [-0.2, -0.15) is 0 Å². The third-order valence-electron chi connectivity index (χ3n) is 3.62. The van der Waals surface area contributed by atoms with Gasteiger partial charge in [0.05, 0.1) is 12.3 Å². The molecule has 1 heterocycles. The molecule has 108 valence electrons. The zero-order valence-electron chi connectivity index (χ0n) is 12.9. The molecule has 0 amide bonds. The van der Waals surface area contributed by atoms with E-state index in [1.165, 1.54) is 16.7 Å². The standard InChI is InChI=1S/C18H25NO/c1-5-10-19-18(17-11-14(4)20-12-17)16-8-6-15(7-9-16)13(2)3/h6-9,11-13,18-19H,5,10H2,1-4H3. The lowest BCUT2D eigenvalue weighted by atomic mass is 9.96. The Morgan fingerprint density at radius 3 is 2.20 bits per heavy atom. The molecule has 0 saturated heterocycles. The second-order valence-corrected chi connectivity index (χ2v) is 5.70. The van der Waals surface area contributed by atoms with Gasteiger partial charge in [0.1, 0.15) is 5.76 Å². The Morgan fingerprint density at radius 2 is 1.70 bits per heavy atom. The average Bonchev–Trinajstić information content (AvgIpc) is 2.86. The van der Waals surface area contributed by atoms with Crippen molar-refractivity contribution in [2.24, 2.45) is 0 Å². The van der Waals surface area contributed by atoms with E-state index in [9.17, 15) is 0 Å². The summed E-state index contributed by atoms with van der Waals surface area (Å²) in [6, 6.07) is 11.2. The Kier molecular flexibility index (Phi) is 5.02. The second kappa shape index (κ2) is 6.76. The van der Waals surface area contributed by atoms with Gasteiger partial charge in [0.15, 0.2) is 0 Å². The van der Waals surface area contributed by atoms with E-state index in [4.69, 9.17) is 4.42 Å². The molecule has 0 spiro atoms. The van der Waals surface area contributed by atoms with E-state index in [0.717, 1.165) is 18.7 Å². The molecular formula is C18H25NO. The van der Waals surface area contributed by atoms with E-state index in [-0.39, 0.29) is 6.04 Å². The van der Waals surface area contributed by atoms with Crippen LogP contribution in [-0.2, 0) is 0 Å². The number of rotatable bonds is 6. The molecule has 2 aromatic rings. The summed E-state index contributed by atoms with van der Waals surface area (Å²) in [4.78, 5) is 0. The molecule has 20 heavy (non-hydrogen) atoms. The molecule has 1 aromatic heterocycles. The second-order valence-electron chi connectivity index (χ2n) is 5.70. The lowest BCUT2D eigenvalue weighted by Crippen LogP contribution is -2.22. The molecule has 0 bridgehead atoms. The average molecular weight is 271 g/mol. The molecule has 0 aliphatic heterocycles. The maximum Gasteiger partial charge on any atom is 0.101 e. The summed E-state index contributed by atoms with van der Waals surface area (Å²) < 4.78 is 5.47. The Hall–Kier alpha value is -1.54. The van der Waals surface area contributed by atoms with Gasteiger partial charge in [0, 0.05) is 5.56 Å². The molecule has 0 aliphatic carbocycles. The lowest BCUT2D eigenvalue weighted by Gasteiger charge is -2.18. The van der Waals surface area contributed by atoms with Gasteiger partial charge in [-0.25, -0.2) is 0 Å². The van der Waals surface area contributed by atoms with Crippen LogP contribution in [0.3, 0.4) is 0 Å². The fraction of sp³-hybridized carbons (Fsp3) is 0.444. The molecule has 2 heteroatoms. The van der Waals surface area contributed by atoms with E-state index in [0.29, 0.717) is 5.92 Å². The van der Waals surface area contributed by atoms with Gasteiger partial charge in [-0.05, 0) is 43.0 Å². The van der Waals surface area contributed by atoms with Crippen LogP contribution < -0.4 is 5.32 Å². The predicted octanol–water partition coefficient (Wildman–Crippen LogP) is 4.80. The summed E-state index contributed by atoms with van der Waals surface area (Å²) in [5.74, 6) is 1.53. The van der Waals surface area contributed by atoms with Gasteiger partial charge in [-0.1, -0.05) is 45.0 Å². The quantitative estimate of drug-likeness (QED) is 0.816. The fourth-order valence-corrected chi connectivity index (χ4v) is 2.41. The third-order valence-corrected chi connectivity index (χ3v) is 3.62. The van der Waals surface area contributed by atoms with E-state index < -0.39 is 0 Å². The minimum Gasteiger partial charge on any atom is -0.469 e. The molecule has 1 atom stereocenters.